The first-order valence-electron chi connectivity index (χ1n) is 7.01. The Hall–Kier alpha value is -2.67. The number of fused-ring (bicyclic) bond motifs is 1. The Kier molecular flexibility index (Phi) is 3.87. The van der Waals surface area contributed by atoms with Crippen molar-refractivity contribution in [2.45, 2.75) is 13.5 Å². The lowest BCUT2D eigenvalue weighted by molar-refractivity contribution is -0.116. The number of rotatable bonds is 3. The lowest BCUT2D eigenvalue weighted by Crippen LogP contribution is -2.39. The molecular weight excluding hydrogens is 314 g/mol. The molecule has 1 amide bonds. The minimum atomic E-state index is -0.500. The van der Waals surface area contributed by atoms with Crippen LogP contribution < -0.4 is 16.6 Å². The molecule has 0 aliphatic carbocycles. The number of thiophene rings is 1. The van der Waals surface area contributed by atoms with E-state index in [0.29, 0.717) is 15.9 Å². The summed E-state index contributed by atoms with van der Waals surface area (Å²) in [5.74, 6) is -0.316. The van der Waals surface area contributed by atoms with Crippen molar-refractivity contribution in [3.63, 3.8) is 0 Å². The molecule has 3 aromatic rings. The Labute approximate surface area is 135 Å². The second kappa shape index (κ2) is 5.85. The summed E-state index contributed by atoms with van der Waals surface area (Å²) in [7, 11) is 1.42. The fraction of sp³-hybridized carbons (Fsp3) is 0.188. The number of carbonyl (C=O) groups is 1. The number of nitrogens with zero attached hydrogens (tertiary/aromatic N) is 2. The molecule has 0 aliphatic rings. The number of carbonyl (C=O) groups excluding carboxylic acids is 1. The Morgan fingerprint density at radius 1 is 1.26 bits per heavy atom. The van der Waals surface area contributed by atoms with E-state index in [4.69, 9.17) is 0 Å². The van der Waals surface area contributed by atoms with Gasteiger partial charge in [-0.05, 0) is 36.1 Å². The molecule has 0 radical (unpaired) electrons. The third kappa shape index (κ3) is 2.83. The van der Waals surface area contributed by atoms with Crippen LogP contribution in [0.3, 0.4) is 0 Å². The van der Waals surface area contributed by atoms with Crippen molar-refractivity contribution in [2.24, 2.45) is 7.05 Å². The highest BCUT2D eigenvalue weighted by Gasteiger charge is 2.14. The molecule has 0 unspecified atom stereocenters. The van der Waals surface area contributed by atoms with E-state index < -0.39 is 5.69 Å². The summed E-state index contributed by atoms with van der Waals surface area (Å²) in [6.07, 6.45) is 0. The Balaban J connectivity index is 1.96. The number of anilines is 1. The van der Waals surface area contributed by atoms with E-state index in [1.807, 2.05) is 25.1 Å². The van der Waals surface area contributed by atoms with Crippen LogP contribution >= 0.6 is 11.3 Å². The average molecular weight is 329 g/mol. The number of hydrogen-bond acceptors (Lipinski definition) is 4. The van der Waals surface area contributed by atoms with Gasteiger partial charge in [0, 0.05) is 12.7 Å². The van der Waals surface area contributed by atoms with Crippen LogP contribution in [0, 0.1) is 6.92 Å². The van der Waals surface area contributed by atoms with Crippen LogP contribution in [0.5, 0.6) is 0 Å². The van der Waals surface area contributed by atoms with E-state index in [0.717, 1.165) is 10.1 Å². The monoisotopic (exact) mass is 329 g/mol. The van der Waals surface area contributed by atoms with Crippen molar-refractivity contribution in [3.8, 4) is 0 Å². The van der Waals surface area contributed by atoms with E-state index >= 15 is 0 Å². The summed E-state index contributed by atoms with van der Waals surface area (Å²) in [5.41, 5.74) is 1.36. The van der Waals surface area contributed by atoms with Crippen LogP contribution in [-0.2, 0) is 18.4 Å². The van der Waals surface area contributed by atoms with Crippen molar-refractivity contribution in [1.29, 1.82) is 0 Å². The fourth-order valence-electron chi connectivity index (χ4n) is 2.42. The maximum Gasteiger partial charge on any atom is 0.331 e. The quantitative estimate of drug-likeness (QED) is 0.795. The number of hydrogen-bond donors (Lipinski definition) is 1. The number of aryl methyl sites for hydroxylation is 1. The van der Waals surface area contributed by atoms with Gasteiger partial charge in [-0.3, -0.25) is 18.7 Å². The van der Waals surface area contributed by atoms with Gasteiger partial charge in [-0.15, -0.1) is 11.3 Å². The highest BCUT2D eigenvalue weighted by Crippen LogP contribution is 2.15. The molecule has 0 spiro atoms. The van der Waals surface area contributed by atoms with E-state index in [1.54, 1.807) is 17.5 Å². The Morgan fingerprint density at radius 3 is 2.78 bits per heavy atom. The van der Waals surface area contributed by atoms with Crippen molar-refractivity contribution in [3.05, 3.63) is 62.1 Å². The van der Waals surface area contributed by atoms with Crippen molar-refractivity contribution in [2.75, 3.05) is 5.32 Å². The molecule has 0 bridgehead atoms. The van der Waals surface area contributed by atoms with E-state index in [-0.39, 0.29) is 18.0 Å². The molecule has 0 aliphatic heterocycles. The molecule has 118 valence electrons. The number of amides is 1. The molecule has 3 rings (SSSR count). The molecule has 0 saturated heterocycles. The highest BCUT2D eigenvalue weighted by atomic mass is 32.1. The van der Waals surface area contributed by atoms with Crippen LogP contribution in [-0.4, -0.2) is 15.0 Å². The van der Waals surface area contributed by atoms with E-state index in [2.05, 4.69) is 5.32 Å². The van der Waals surface area contributed by atoms with Gasteiger partial charge < -0.3 is 5.32 Å². The molecule has 0 fully saturated rings. The van der Waals surface area contributed by atoms with Gasteiger partial charge in [0.2, 0.25) is 5.91 Å². The van der Waals surface area contributed by atoms with Gasteiger partial charge in [-0.25, -0.2) is 4.79 Å². The topological polar surface area (TPSA) is 73.1 Å². The molecular formula is C16H15N3O3S. The number of benzene rings is 1. The van der Waals surface area contributed by atoms with Gasteiger partial charge in [-0.1, -0.05) is 12.1 Å². The Morgan fingerprint density at radius 2 is 2.04 bits per heavy atom. The van der Waals surface area contributed by atoms with Gasteiger partial charge in [0.05, 0.1) is 5.52 Å². The molecule has 6 nitrogen and oxygen atoms in total. The first-order valence-corrected chi connectivity index (χ1v) is 7.89. The summed E-state index contributed by atoms with van der Waals surface area (Å²) < 4.78 is 2.81. The molecule has 2 heterocycles. The number of nitrogens with one attached hydrogen (secondary N) is 1. The van der Waals surface area contributed by atoms with Gasteiger partial charge in [0.15, 0.2) is 0 Å². The highest BCUT2D eigenvalue weighted by molar-refractivity contribution is 7.17. The maximum absolute atomic E-state index is 12.3. The number of aromatic nitrogens is 2. The second-order valence-electron chi connectivity index (χ2n) is 5.29. The first-order chi connectivity index (χ1) is 11.0. The van der Waals surface area contributed by atoms with Crippen molar-refractivity contribution >= 4 is 33.1 Å². The first kappa shape index (κ1) is 15.2. The van der Waals surface area contributed by atoms with Crippen molar-refractivity contribution < 1.29 is 4.79 Å². The zero-order chi connectivity index (χ0) is 16.6. The zero-order valence-corrected chi connectivity index (χ0v) is 13.5. The minimum absolute atomic E-state index is 0.145. The lowest BCUT2D eigenvalue weighted by Gasteiger charge is -2.10. The van der Waals surface area contributed by atoms with Crippen LogP contribution in [0.15, 0.2) is 45.3 Å². The lowest BCUT2D eigenvalue weighted by atomic mass is 10.2. The SMILES string of the molecule is Cc1cccc(NC(=O)Cn2c(=O)n(C)c(=O)c3sccc32)c1. The third-order valence-electron chi connectivity index (χ3n) is 3.56. The maximum atomic E-state index is 12.3. The summed E-state index contributed by atoms with van der Waals surface area (Å²) in [4.78, 5) is 36.6. The summed E-state index contributed by atoms with van der Waals surface area (Å²) in [5, 5.41) is 4.50. The average Bonchev–Trinajstić information content (AvgIpc) is 2.99. The van der Waals surface area contributed by atoms with Gasteiger partial charge >= 0.3 is 5.69 Å². The van der Waals surface area contributed by atoms with Crippen LogP contribution in [0.4, 0.5) is 5.69 Å². The van der Waals surface area contributed by atoms with Crippen molar-refractivity contribution in [1.82, 2.24) is 9.13 Å². The summed E-state index contributed by atoms with van der Waals surface area (Å²) in [6, 6.07) is 9.10. The minimum Gasteiger partial charge on any atom is -0.325 e. The molecule has 0 saturated carbocycles. The second-order valence-corrected chi connectivity index (χ2v) is 6.20. The van der Waals surface area contributed by atoms with Crippen LogP contribution in [0.2, 0.25) is 0 Å². The van der Waals surface area contributed by atoms with Gasteiger partial charge in [0.1, 0.15) is 11.2 Å². The summed E-state index contributed by atoms with van der Waals surface area (Å²) in [6.45, 7) is 1.79. The molecule has 7 heteroatoms. The molecule has 23 heavy (non-hydrogen) atoms. The standard InChI is InChI=1S/C16H15N3O3S/c1-10-4-3-5-11(8-10)17-13(20)9-19-12-6-7-23-14(12)15(21)18(2)16(19)22/h3-8H,9H2,1-2H3,(H,17,20). The van der Waals surface area contributed by atoms with Gasteiger partial charge in [0.25, 0.3) is 5.56 Å². The largest absolute Gasteiger partial charge is 0.331 e. The molecule has 2 aromatic heterocycles. The van der Waals surface area contributed by atoms with E-state index in [1.165, 1.54) is 23.0 Å². The smallest absolute Gasteiger partial charge is 0.325 e. The molecule has 0 atom stereocenters. The van der Waals surface area contributed by atoms with E-state index in [9.17, 15) is 14.4 Å². The zero-order valence-electron chi connectivity index (χ0n) is 12.7. The van der Waals surface area contributed by atoms with Crippen LogP contribution in [0.1, 0.15) is 5.56 Å². The fourth-order valence-corrected chi connectivity index (χ4v) is 3.29. The molecule has 1 aromatic carbocycles. The summed E-state index contributed by atoms with van der Waals surface area (Å²) >= 11 is 1.26. The Bertz CT molecular complexity index is 1010. The predicted molar refractivity (Wildman–Crippen MR) is 91.1 cm³/mol. The van der Waals surface area contributed by atoms with Gasteiger partial charge in [-0.2, -0.15) is 0 Å². The predicted octanol–water partition coefficient (Wildman–Crippen LogP) is 1.71. The molecule has 1 N–H and O–H groups in total. The van der Waals surface area contributed by atoms with Crippen LogP contribution in [0.25, 0.3) is 10.2 Å². The third-order valence-corrected chi connectivity index (χ3v) is 4.45. The normalized spacial score (nSPS) is 10.9.